The molecule has 7 nitrogen and oxygen atoms in total. The number of hydrogen-bond donors (Lipinski definition) is 1. The molecule has 1 aliphatic rings. The first-order valence-electron chi connectivity index (χ1n) is 5.84. The largest absolute Gasteiger partial charge is 0.383 e. The van der Waals surface area contributed by atoms with Gasteiger partial charge in [-0.05, 0) is 14.0 Å². The molecule has 0 amide bonds. The maximum atomic E-state index is 10.8. The molecule has 1 aliphatic heterocycles. The molecule has 2 heterocycles. The monoisotopic (exact) mass is 251 g/mol. The van der Waals surface area contributed by atoms with E-state index in [0.717, 1.165) is 19.6 Å². The van der Waals surface area contributed by atoms with Gasteiger partial charge in [0.1, 0.15) is 11.6 Å². The van der Waals surface area contributed by atoms with Crippen LogP contribution in [0.25, 0.3) is 0 Å². The summed E-state index contributed by atoms with van der Waals surface area (Å²) in [4.78, 5) is 18.8. The van der Waals surface area contributed by atoms with Crippen LogP contribution >= 0.6 is 0 Å². The van der Waals surface area contributed by atoms with E-state index in [-0.39, 0.29) is 11.5 Å². The predicted molar refractivity (Wildman–Crippen MR) is 69.6 cm³/mol. The number of pyridine rings is 1. The fraction of sp³-hybridized carbons (Fsp3) is 0.545. The van der Waals surface area contributed by atoms with Crippen LogP contribution in [-0.2, 0) is 0 Å². The number of hydrogen-bond acceptors (Lipinski definition) is 6. The zero-order chi connectivity index (χ0) is 13.3. The highest BCUT2D eigenvalue weighted by atomic mass is 16.6. The van der Waals surface area contributed by atoms with Crippen LogP contribution in [-0.4, -0.2) is 47.5 Å². The van der Waals surface area contributed by atoms with Gasteiger partial charge < -0.3 is 15.5 Å². The standard InChI is InChI=1S/C11H17N5O2/c1-8-7-15(4-3-14(8)2)11-6-9(16(17)18)5-10(12)13-11/h5-6,8H,3-4,7H2,1-2H3,(H2,12,13). The first-order valence-corrected chi connectivity index (χ1v) is 5.84. The molecule has 1 aromatic rings. The molecular weight excluding hydrogens is 234 g/mol. The number of piperazine rings is 1. The topological polar surface area (TPSA) is 88.5 Å². The molecule has 1 saturated heterocycles. The van der Waals surface area contributed by atoms with E-state index in [1.807, 2.05) is 4.90 Å². The fourth-order valence-electron chi connectivity index (χ4n) is 2.05. The summed E-state index contributed by atoms with van der Waals surface area (Å²) in [7, 11) is 2.07. The van der Waals surface area contributed by atoms with Gasteiger partial charge in [0, 0.05) is 25.7 Å². The molecule has 0 aliphatic carbocycles. The highest BCUT2D eigenvalue weighted by Crippen LogP contribution is 2.23. The van der Waals surface area contributed by atoms with Gasteiger partial charge in [-0.15, -0.1) is 0 Å². The number of nitrogens with zero attached hydrogens (tertiary/aromatic N) is 4. The Morgan fingerprint density at radius 2 is 2.22 bits per heavy atom. The Labute approximate surface area is 105 Å². The van der Waals surface area contributed by atoms with Gasteiger partial charge in [-0.2, -0.15) is 0 Å². The maximum absolute atomic E-state index is 10.8. The fourth-order valence-corrected chi connectivity index (χ4v) is 2.05. The first-order chi connectivity index (χ1) is 8.47. The lowest BCUT2D eigenvalue weighted by molar-refractivity contribution is -0.384. The summed E-state index contributed by atoms with van der Waals surface area (Å²) in [6.07, 6.45) is 0. The molecule has 98 valence electrons. The van der Waals surface area contributed by atoms with Crippen LogP contribution < -0.4 is 10.6 Å². The molecule has 18 heavy (non-hydrogen) atoms. The van der Waals surface area contributed by atoms with E-state index in [4.69, 9.17) is 5.73 Å². The third kappa shape index (κ3) is 2.51. The van der Waals surface area contributed by atoms with Crippen molar-refractivity contribution in [3.05, 3.63) is 22.2 Å². The van der Waals surface area contributed by atoms with Gasteiger partial charge in [-0.25, -0.2) is 4.98 Å². The molecule has 0 aromatic carbocycles. The van der Waals surface area contributed by atoms with Crippen molar-refractivity contribution in [2.24, 2.45) is 0 Å². The van der Waals surface area contributed by atoms with E-state index in [0.29, 0.717) is 11.9 Å². The third-order valence-electron chi connectivity index (χ3n) is 3.31. The highest BCUT2D eigenvalue weighted by Gasteiger charge is 2.23. The summed E-state index contributed by atoms with van der Waals surface area (Å²) in [6, 6.07) is 3.15. The minimum atomic E-state index is -0.443. The smallest absolute Gasteiger partial charge is 0.276 e. The van der Waals surface area contributed by atoms with Crippen LogP contribution in [0.15, 0.2) is 12.1 Å². The second-order valence-electron chi connectivity index (χ2n) is 4.64. The summed E-state index contributed by atoms with van der Waals surface area (Å²) in [5.41, 5.74) is 5.60. The van der Waals surface area contributed by atoms with E-state index >= 15 is 0 Å². The molecule has 7 heteroatoms. The van der Waals surface area contributed by atoms with Crippen LogP contribution in [0.1, 0.15) is 6.92 Å². The van der Waals surface area contributed by atoms with Crippen LogP contribution in [0.3, 0.4) is 0 Å². The summed E-state index contributed by atoms with van der Waals surface area (Å²) >= 11 is 0. The zero-order valence-electron chi connectivity index (χ0n) is 10.5. The van der Waals surface area contributed by atoms with Gasteiger partial charge in [-0.1, -0.05) is 0 Å². The Kier molecular flexibility index (Phi) is 3.33. The van der Waals surface area contributed by atoms with Gasteiger partial charge in [0.2, 0.25) is 0 Å². The van der Waals surface area contributed by atoms with Gasteiger partial charge in [0.15, 0.2) is 0 Å². The molecule has 1 atom stereocenters. The van der Waals surface area contributed by atoms with Crippen LogP contribution in [0.2, 0.25) is 0 Å². The summed E-state index contributed by atoms with van der Waals surface area (Å²) in [6.45, 7) is 4.62. The molecule has 0 bridgehead atoms. The molecule has 1 unspecified atom stereocenters. The van der Waals surface area contributed by atoms with Gasteiger partial charge in [0.25, 0.3) is 5.69 Å². The average Bonchev–Trinajstić information content (AvgIpc) is 2.31. The van der Waals surface area contributed by atoms with Crippen molar-refractivity contribution in [3.8, 4) is 0 Å². The average molecular weight is 251 g/mol. The number of nitrogens with two attached hydrogens (primary N) is 1. The zero-order valence-corrected chi connectivity index (χ0v) is 10.5. The van der Waals surface area contributed by atoms with Gasteiger partial charge >= 0.3 is 0 Å². The number of anilines is 2. The molecule has 1 aromatic heterocycles. The van der Waals surface area contributed by atoms with Crippen molar-refractivity contribution < 1.29 is 4.92 Å². The van der Waals surface area contributed by atoms with E-state index in [2.05, 4.69) is 23.9 Å². The van der Waals surface area contributed by atoms with E-state index in [1.165, 1.54) is 12.1 Å². The van der Waals surface area contributed by atoms with Gasteiger partial charge in [-0.3, -0.25) is 10.1 Å². The Bertz CT molecular complexity index is 465. The second-order valence-corrected chi connectivity index (χ2v) is 4.64. The van der Waals surface area contributed by atoms with Gasteiger partial charge in [0.05, 0.1) is 17.1 Å². The van der Waals surface area contributed by atoms with Crippen molar-refractivity contribution in [1.29, 1.82) is 0 Å². The van der Waals surface area contributed by atoms with Crippen molar-refractivity contribution in [3.63, 3.8) is 0 Å². The summed E-state index contributed by atoms with van der Waals surface area (Å²) in [5, 5.41) is 10.8. The minimum absolute atomic E-state index is 0.0101. The van der Waals surface area contributed by atoms with Crippen LogP contribution in [0.4, 0.5) is 17.3 Å². The molecule has 1 fully saturated rings. The van der Waals surface area contributed by atoms with Crippen LogP contribution in [0.5, 0.6) is 0 Å². The number of nitro groups is 1. The normalized spacial score (nSPS) is 21.0. The maximum Gasteiger partial charge on any atom is 0.276 e. The van der Waals surface area contributed by atoms with E-state index < -0.39 is 4.92 Å². The van der Waals surface area contributed by atoms with E-state index in [1.54, 1.807) is 0 Å². The Balaban J connectivity index is 2.25. The highest BCUT2D eigenvalue weighted by molar-refractivity contribution is 5.54. The van der Waals surface area contributed by atoms with E-state index in [9.17, 15) is 10.1 Å². The molecular formula is C11H17N5O2. The minimum Gasteiger partial charge on any atom is -0.383 e. The molecule has 0 spiro atoms. The lowest BCUT2D eigenvalue weighted by atomic mass is 10.2. The quantitative estimate of drug-likeness (QED) is 0.615. The number of nitrogen functional groups attached to an aromatic ring is 1. The van der Waals surface area contributed by atoms with Crippen molar-refractivity contribution in [2.75, 3.05) is 37.3 Å². The number of aromatic nitrogens is 1. The molecule has 2 rings (SSSR count). The first kappa shape index (κ1) is 12.6. The molecule has 2 N–H and O–H groups in total. The predicted octanol–water partition coefficient (Wildman–Crippen LogP) is 0.712. The van der Waals surface area contributed by atoms with Crippen molar-refractivity contribution in [2.45, 2.75) is 13.0 Å². The van der Waals surface area contributed by atoms with Crippen molar-refractivity contribution >= 4 is 17.3 Å². The lowest BCUT2D eigenvalue weighted by Gasteiger charge is -2.38. The second kappa shape index (κ2) is 4.77. The molecule has 0 saturated carbocycles. The SMILES string of the molecule is CC1CN(c2cc([N+](=O)[O-])cc(N)n2)CCN1C. The summed E-state index contributed by atoms with van der Waals surface area (Å²) < 4.78 is 0. The molecule has 0 radical (unpaired) electrons. The Morgan fingerprint density at radius 3 is 2.83 bits per heavy atom. The number of rotatable bonds is 2. The third-order valence-corrected chi connectivity index (χ3v) is 3.31. The number of likely N-dealkylation sites (N-methyl/N-ethyl adjacent to an activating group) is 1. The van der Waals surface area contributed by atoms with Crippen molar-refractivity contribution in [1.82, 2.24) is 9.88 Å². The van der Waals surface area contributed by atoms with Crippen LogP contribution in [0, 0.1) is 10.1 Å². The lowest BCUT2D eigenvalue weighted by Crippen LogP contribution is -2.50. The Morgan fingerprint density at radius 1 is 1.50 bits per heavy atom. The summed E-state index contributed by atoms with van der Waals surface area (Å²) in [5.74, 6) is 0.771. The Hall–Kier alpha value is -1.89.